The maximum atomic E-state index is 12.1. The van der Waals surface area contributed by atoms with Gasteiger partial charge in [-0.15, -0.1) is 0 Å². The lowest BCUT2D eigenvalue weighted by Crippen LogP contribution is -2.37. The molecule has 1 amide bonds. The van der Waals surface area contributed by atoms with E-state index in [2.05, 4.69) is 10.2 Å². The summed E-state index contributed by atoms with van der Waals surface area (Å²) in [5.41, 5.74) is 0.619. The Balaban J connectivity index is 1.81. The van der Waals surface area contributed by atoms with E-state index < -0.39 is 0 Å². The summed E-state index contributed by atoms with van der Waals surface area (Å²) < 4.78 is 21.2. The summed E-state index contributed by atoms with van der Waals surface area (Å²) in [5.74, 6) is 2.79. The van der Waals surface area contributed by atoms with Crippen LogP contribution >= 0.6 is 11.8 Å². The van der Waals surface area contributed by atoms with Gasteiger partial charge < -0.3 is 24.3 Å². The van der Waals surface area contributed by atoms with Gasteiger partial charge in [0.25, 0.3) is 0 Å². The van der Waals surface area contributed by atoms with Gasteiger partial charge in [-0.3, -0.25) is 9.69 Å². The Kier molecular flexibility index (Phi) is 8.17. The number of anilines is 1. The number of ether oxygens (including phenoxy) is 4. The second-order valence-corrected chi connectivity index (χ2v) is 6.57. The third-order valence-corrected chi connectivity index (χ3v) is 4.77. The average molecular weight is 370 g/mol. The Bertz CT molecular complexity index is 539. The highest BCUT2D eigenvalue weighted by Gasteiger charge is 2.15. The molecule has 1 aliphatic heterocycles. The highest BCUT2D eigenvalue weighted by molar-refractivity contribution is 7.99. The van der Waals surface area contributed by atoms with Crippen molar-refractivity contribution in [2.45, 2.75) is 0 Å². The highest BCUT2D eigenvalue weighted by Crippen LogP contribution is 2.39. The Labute approximate surface area is 152 Å². The van der Waals surface area contributed by atoms with E-state index in [0.29, 0.717) is 28.7 Å². The standard InChI is InChI=1S/C17H26N2O5S/c1-21-14-10-13(11-15(22-2)17(14)23-3)18-16(20)12-25-9-6-19-4-7-24-8-5-19/h10-11H,4-9,12H2,1-3H3,(H,18,20). The molecule has 0 saturated carbocycles. The van der Waals surface area contributed by atoms with Gasteiger partial charge in [0.15, 0.2) is 11.5 Å². The van der Waals surface area contributed by atoms with E-state index in [-0.39, 0.29) is 5.91 Å². The van der Waals surface area contributed by atoms with E-state index in [1.54, 1.807) is 45.2 Å². The molecular formula is C17H26N2O5S. The van der Waals surface area contributed by atoms with Crippen LogP contribution in [-0.2, 0) is 9.53 Å². The summed E-state index contributed by atoms with van der Waals surface area (Å²) in [7, 11) is 4.64. The number of rotatable bonds is 9. The van der Waals surface area contributed by atoms with Gasteiger partial charge in [-0.2, -0.15) is 11.8 Å². The molecule has 8 heteroatoms. The van der Waals surface area contributed by atoms with Gasteiger partial charge in [0.1, 0.15) is 0 Å². The van der Waals surface area contributed by atoms with Gasteiger partial charge in [-0.05, 0) is 0 Å². The van der Waals surface area contributed by atoms with E-state index in [0.717, 1.165) is 38.6 Å². The minimum absolute atomic E-state index is 0.0544. The lowest BCUT2D eigenvalue weighted by atomic mass is 10.2. The van der Waals surface area contributed by atoms with Crippen LogP contribution in [0.15, 0.2) is 12.1 Å². The maximum absolute atomic E-state index is 12.1. The molecule has 0 radical (unpaired) electrons. The number of carbonyl (C=O) groups excluding carboxylic acids is 1. The molecule has 140 valence electrons. The molecule has 25 heavy (non-hydrogen) atoms. The molecule has 1 aromatic rings. The molecule has 0 atom stereocenters. The smallest absolute Gasteiger partial charge is 0.234 e. The fraction of sp³-hybridized carbons (Fsp3) is 0.588. The number of methoxy groups -OCH3 is 3. The first kappa shape index (κ1) is 19.7. The van der Waals surface area contributed by atoms with Crippen molar-refractivity contribution in [3.8, 4) is 17.2 Å². The van der Waals surface area contributed by atoms with Crippen LogP contribution in [0, 0.1) is 0 Å². The number of nitrogens with one attached hydrogen (secondary N) is 1. The number of morpholine rings is 1. The van der Waals surface area contributed by atoms with Gasteiger partial charge >= 0.3 is 0 Å². The van der Waals surface area contributed by atoms with Gasteiger partial charge in [0, 0.05) is 43.2 Å². The van der Waals surface area contributed by atoms with E-state index in [9.17, 15) is 4.79 Å². The van der Waals surface area contributed by atoms with Crippen LogP contribution in [0.5, 0.6) is 17.2 Å². The molecule has 1 fully saturated rings. The molecule has 1 heterocycles. The van der Waals surface area contributed by atoms with Crippen molar-refractivity contribution >= 4 is 23.4 Å². The van der Waals surface area contributed by atoms with Crippen molar-refractivity contribution in [3.05, 3.63) is 12.1 Å². The Morgan fingerprint density at radius 3 is 2.36 bits per heavy atom. The lowest BCUT2D eigenvalue weighted by molar-refractivity contribution is -0.113. The topological polar surface area (TPSA) is 69.3 Å². The Morgan fingerprint density at radius 1 is 1.16 bits per heavy atom. The second kappa shape index (κ2) is 10.4. The van der Waals surface area contributed by atoms with Gasteiger partial charge in [-0.1, -0.05) is 0 Å². The van der Waals surface area contributed by atoms with Crippen LogP contribution in [0.3, 0.4) is 0 Å². The lowest BCUT2D eigenvalue weighted by Gasteiger charge is -2.26. The Morgan fingerprint density at radius 2 is 1.80 bits per heavy atom. The molecule has 7 nitrogen and oxygen atoms in total. The van der Waals surface area contributed by atoms with Crippen molar-refractivity contribution < 1.29 is 23.7 Å². The molecule has 0 aliphatic carbocycles. The molecule has 1 aromatic carbocycles. The van der Waals surface area contributed by atoms with Crippen molar-refractivity contribution in [2.75, 3.05) is 71.0 Å². The zero-order valence-electron chi connectivity index (χ0n) is 15.0. The molecule has 1 saturated heterocycles. The van der Waals surface area contributed by atoms with Crippen LogP contribution in [0.4, 0.5) is 5.69 Å². The number of hydrogen-bond donors (Lipinski definition) is 1. The fourth-order valence-corrected chi connectivity index (χ4v) is 3.32. The minimum Gasteiger partial charge on any atom is -0.493 e. The molecule has 0 bridgehead atoms. The van der Waals surface area contributed by atoms with Crippen molar-refractivity contribution in [1.29, 1.82) is 0 Å². The van der Waals surface area contributed by atoms with Gasteiger partial charge in [0.05, 0.1) is 40.3 Å². The summed E-state index contributed by atoms with van der Waals surface area (Å²) in [6.07, 6.45) is 0. The summed E-state index contributed by atoms with van der Waals surface area (Å²) in [6, 6.07) is 3.44. The first-order valence-corrected chi connectivity index (χ1v) is 9.31. The molecular weight excluding hydrogens is 344 g/mol. The summed E-state index contributed by atoms with van der Waals surface area (Å²) >= 11 is 1.62. The summed E-state index contributed by atoms with van der Waals surface area (Å²) in [4.78, 5) is 14.5. The van der Waals surface area contributed by atoms with Crippen LogP contribution in [0.1, 0.15) is 0 Å². The van der Waals surface area contributed by atoms with Crippen LogP contribution in [-0.4, -0.2) is 76.5 Å². The first-order chi connectivity index (χ1) is 12.2. The number of carbonyl (C=O) groups is 1. The number of amides is 1. The zero-order valence-corrected chi connectivity index (χ0v) is 15.8. The third kappa shape index (κ3) is 5.98. The van der Waals surface area contributed by atoms with Crippen molar-refractivity contribution in [2.24, 2.45) is 0 Å². The third-order valence-electron chi connectivity index (χ3n) is 3.84. The van der Waals surface area contributed by atoms with Crippen molar-refractivity contribution in [1.82, 2.24) is 4.90 Å². The fourth-order valence-electron chi connectivity index (χ4n) is 2.53. The Hall–Kier alpha value is -1.64. The molecule has 2 rings (SSSR count). The second-order valence-electron chi connectivity index (χ2n) is 5.47. The number of benzene rings is 1. The number of thioether (sulfide) groups is 1. The summed E-state index contributed by atoms with van der Waals surface area (Å²) in [5, 5.41) is 2.87. The normalized spacial score (nSPS) is 14.8. The van der Waals surface area contributed by atoms with Crippen LogP contribution < -0.4 is 19.5 Å². The molecule has 0 unspecified atom stereocenters. The predicted octanol–water partition coefficient (Wildman–Crippen LogP) is 1.72. The van der Waals surface area contributed by atoms with Crippen LogP contribution in [0.25, 0.3) is 0 Å². The molecule has 1 aliphatic rings. The van der Waals surface area contributed by atoms with Gasteiger partial charge in [0.2, 0.25) is 11.7 Å². The quantitative estimate of drug-likeness (QED) is 0.664. The highest BCUT2D eigenvalue weighted by atomic mass is 32.2. The van der Waals surface area contributed by atoms with Crippen LogP contribution in [0.2, 0.25) is 0 Å². The summed E-state index contributed by atoms with van der Waals surface area (Å²) in [6.45, 7) is 4.51. The van der Waals surface area contributed by atoms with E-state index in [1.807, 2.05) is 0 Å². The molecule has 0 spiro atoms. The largest absolute Gasteiger partial charge is 0.493 e. The minimum atomic E-state index is -0.0544. The number of nitrogens with zero attached hydrogens (tertiary/aromatic N) is 1. The van der Waals surface area contributed by atoms with E-state index in [1.165, 1.54) is 0 Å². The SMILES string of the molecule is COc1cc(NC(=O)CSCCN2CCOCC2)cc(OC)c1OC. The van der Waals surface area contributed by atoms with E-state index in [4.69, 9.17) is 18.9 Å². The van der Waals surface area contributed by atoms with E-state index >= 15 is 0 Å². The number of hydrogen-bond acceptors (Lipinski definition) is 7. The van der Waals surface area contributed by atoms with Crippen molar-refractivity contribution in [3.63, 3.8) is 0 Å². The maximum Gasteiger partial charge on any atom is 0.234 e. The molecule has 0 aromatic heterocycles. The predicted molar refractivity (Wildman–Crippen MR) is 99.3 cm³/mol. The van der Waals surface area contributed by atoms with Gasteiger partial charge in [-0.25, -0.2) is 0 Å². The zero-order chi connectivity index (χ0) is 18.1. The first-order valence-electron chi connectivity index (χ1n) is 8.15. The molecule has 1 N–H and O–H groups in total. The monoisotopic (exact) mass is 370 g/mol. The average Bonchev–Trinajstić information content (AvgIpc) is 2.65.